The first-order valence-electron chi connectivity index (χ1n) is 5.05. The molecule has 0 amide bonds. The van der Waals surface area contributed by atoms with Crippen molar-refractivity contribution in [2.75, 3.05) is 16.8 Å². The molecule has 0 radical (unpaired) electrons. The summed E-state index contributed by atoms with van der Waals surface area (Å²) in [5, 5.41) is 4.31. The summed E-state index contributed by atoms with van der Waals surface area (Å²) in [5.41, 5.74) is 1.11. The molecule has 1 aliphatic rings. The molecule has 1 nitrogen and oxygen atoms in total. The summed E-state index contributed by atoms with van der Waals surface area (Å²) in [6, 6.07) is 6.54. The number of nitrogens with one attached hydrogen (secondary N) is 1. The van der Waals surface area contributed by atoms with Crippen molar-refractivity contribution in [1.29, 1.82) is 0 Å². The van der Waals surface area contributed by atoms with Crippen LogP contribution in [0.4, 0.5) is 5.69 Å². The molecule has 0 atom stereocenters. The Bertz CT molecular complexity index is 339. The molecule has 1 aromatic carbocycles. The van der Waals surface area contributed by atoms with E-state index in [-0.39, 0.29) is 0 Å². The second-order valence-electron chi connectivity index (χ2n) is 3.63. The quantitative estimate of drug-likeness (QED) is 0.868. The van der Waals surface area contributed by atoms with Crippen molar-refractivity contribution in [2.24, 2.45) is 0 Å². The second kappa shape index (κ2) is 5.46. The van der Waals surface area contributed by atoms with E-state index < -0.39 is 0 Å². The average Bonchev–Trinajstić information content (AvgIpc) is 2.26. The van der Waals surface area contributed by atoms with Crippen LogP contribution in [0.2, 0.25) is 5.02 Å². The smallest absolute Gasteiger partial charge is 0.0593 e. The van der Waals surface area contributed by atoms with Crippen molar-refractivity contribution < 1.29 is 0 Å². The lowest BCUT2D eigenvalue weighted by molar-refractivity contribution is 0.666. The number of rotatable bonds is 2. The summed E-state index contributed by atoms with van der Waals surface area (Å²) in [4.78, 5) is 0. The van der Waals surface area contributed by atoms with Gasteiger partial charge in [-0.15, -0.1) is 0 Å². The first-order valence-corrected chi connectivity index (χ1v) is 7.38. The van der Waals surface area contributed by atoms with E-state index in [1.807, 2.05) is 23.9 Å². The highest BCUT2D eigenvalue weighted by Gasteiger charge is 2.14. The highest BCUT2D eigenvalue weighted by Crippen LogP contribution is 2.31. The van der Waals surface area contributed by atoms with Crippen LogP contribution < -0.4 is 5.32 Å². The maximum atomic E-state index is 6.04. The predicted octanol–water partition coefficient (Wildman–Crippen LogP) is 4.41. The molecule has 0 unspecified atom stereocenters. The zero-order chi connectivity index (χ0) is 10.7. The fraction of sp³-hybridized carbons (Fsp3) is 0.455. The summed E-state index contributed by atoms with van der Waals surface area (Å²) in [6.07, 6.45) is 2.48. The van der Waals surface area contributed by atoms with Gasteiger partial charge in [-0.25, -0.2) is 0 Å². The molecule has 2 rings (SSSR count). The summed E-state index contributed by atoms with van der Waals surface area (Å²) in [7, 11) is 0. The Morgan fingerprint density at radius 1 is 1.33 bits per heavy atom. The van der Waals surface area contributed by atoms with Gasteiger partial charge in [0, 0.05) is 6.04 Å². The third-order valence-corrected chi connectivity index (χ3v) is 4.98. The first kappa shape index (κ1) is 11.6. The largest absolute Gasteiger partial charge is 0.381 e. The summed E-state index contributed by atoms with van der Waals surface area (Å²) >= 11 is 11.6. The number of hydrogen-bond acceptors (Lipinski definition) is 2. The van der Waals surface area contributed by atoms with E-state index in [2.05, 4.69) is 27.3 Å². The van der Waals surface area contributed by atoms with Crippen molar-refractivity contribution in [3.8, 4) is 0 Å². The van der Waals surface area contributed by atoms with Gasteiger partial charge < -0.3 is 5.32 Å². The van der Waals surface area contributed by atoms with Crippen molar-refractivity contribution in [2.45, 2.75) is 18.9 Å². The Kier molecular flexibility index (Phi) is 4.23. The number of halogens is 2. The summed E-state index contributed by atoms with van der Waals surface area (Å²) < 4.78 is 0.977. The maximum absolute atomic E-state index is 6.04. The number of anilines is 1. The lowest BCUT2D eigenvalue weighted by Crippen LogP contribution is -2.24. The zero-order valence-corrected chi connectivity index (χ0v) is 11.5. The lowest BCUT2D eigenvalue weighted by atomic mass is 10.1. The summed E-state index contributed by atoms with van der Waals surface area (Å²) in [6.45, 7) is 0. The van der Waals surface area contributed by atoms with Crippen molar-refractivity contribution >= 4 is 45.0 Å². The molecule has 1 aromatic rings. The minimum atomic E-state index is 0.598. The Hall–Kier alpha value is 0.140. The fourth-order valence-corrected chi connectivity index (χ4v) is 3.34. The Labute approximate surface area is 108 Å². The van der Waals surface area contributed by atoms with Crippen molar-refractivity contribution in [1.82, 2.24) is 0 Å². The molecule has 82 valence electrons. The van der Waals surface area contributed by atoms with Crippen LogP contribution in [0, 0.1) is 0 Å². The molecule has 4 heteroatoms. The van der Waals surface area contributed by atoms with Gasteiger partial charge in [0.05, 0.1) is 15.2 Å². The van der Waals surface area contributed by atoms with E-state index in [1.165, 1.54) is 24.3 Å². The molecule has 1 saturated heterocycles. The van der Waals surface area contributed by atoms with Crippen molar-refractivity contribution in [3.63, 3.8) is 0 Å². The molecule has 1 N–H and O–H groups in total. The third kappa shape index (κ3) is 3.05. The van der Waals surface area contributed by atoms with E-state index in [4.69, 9.17) is 11.6 Å². The average molecular weight is 307 g/mol. The van der Waals surface area contributed by atoms with Crippen LogP contribution in [0.25, 0.3) is 0 Å². The van der Waals surface area contributed by atoms with Gasteiger partial charge in [0.2, 0.25) is 0 Å². The van der Waals surface area contributed by atoms with E-state index >= 15 is 0 Å². The van der Waals surface area contributed by atoms with Gasteiger partial charge in [0.1, 0.15) is 0 Å². The molecule has 1 aliphatic heterocycles. The van der Waals surface area contributed by atoms with Crippen LogP contribution in [0.15, 0.2) is 22.7 Å². The van der Waals surface area contributed by atoms with E-state index in [9.17, 15) is 0 Å². The van der Waals surface area contributed by atoms with Crippen LogP contribution in [0.1, 0.15) is 12.8 Å². The van der Waals surface area contributed by atoms with E-state index in [0.29, 0.717) is 6.04 Å². The number of hydrogen-bond donors (Lipinski definition) is 1. The standard InChI is InChI=1S/C11H13BrClNS/c12-11-9(13)2-1-3-10(11)14-8-4-6-15-7-5-8/h1-3,8,14H,4-7H2. The highest BCUT2D eigenvalue weighted by molar-refractivity contribution is 9.10. The van der Waals surface area contributed by atoms with E-state index in [1.54, 1.807) is 0 Å². The Morgan fingerprint density at radius 3 is 2.80 bits per heavy atom. The molecular weight excluding hydrogens is 294 g/mol. The zero-order valence-electron chi connectivity index (χ0n) is 8.30. The molecule has 0 spiro atoms. The van der Waals surface area contributed by atoms with Crippen molar-refractivity contribution in [3.05, 3.63) is 27.7 Å². The third-order valence-electron chi connectivity index (χ3n) is 2.53. The summed E-state index contributed by atoms with van der Waals surface area (Å²) in [5.74, 6) is 2.52. The van der Waals surface area contributed by atoms with E-state index in [0.717, 1.165) is 15.2 Å². The van der Waals surface area contributed by atoms with Gasteiger partial charge in [-0.1, -0.05) is 17.7 Å². The minimum absolute atomic E-state index is 0.598. The van der Waals surface area contributed by atoms with Crippen LogP contribution >= 0.6 is 39.3 Å². The Morgan fingerprint density at radius 2 is 2.07 bits per heavy atom. The van der Waals surface area contributed by atoms with Gasteiger partial charge in [-0.2, -0.15) is 11.8 Å². The van der Waals surface area contributed by atoms with Crippen LogP contribution in [0.3, 0.4) is 0 Å². The van der Waals surface area contributed by atoms with Gasteiger partial charge >= 0.3 is 0 Å². The van der Waals surface area contributed by atoms with Gasteiger partial charge in [0.15, 0.2) is 0 Å². The molecule has 0 aromatic heterocycles. The predicted molar refractivity (Wildman–Crippen MR) is 73.1 cm³/mol. The molecule has 0 aliphatic carbocycles. The normalized spacial score (nSPS) is 17.7. The topological polar surface area (TPSA) is 12.0 Å². The fourth-order valence-electron chi connectivity index (χ4n) is 1.68. The van der Waals surface area contributed by atoms with Gasteiger partial charge in [-0.3, -0.25) is 0 Å². The number of benzene rings is 1. The first-order chi connectivity index (χ1) is 7.27. The molecule has 1 fully saturated rings. The maximum Gasteiger partial charge on any atom is 0.0593 e. The van der Waals surface area contributed by atoms with Crippen LogP contribution in [-0.4, -0.2) is 17.5 Å². The van der Waals surface area contributed by atoms with Crippen LogP contribution in [0.5, 0.6) is 0 Å². The molecule has 0 saturated carbocycles. The highest BCUT2D eigenvalue weighted by atomic mass is 79.9. The SMILES string of the molecule is Clc1cccc(NC2CCSCC2)c1Br. The molecule has 0 bridgehead atoms. The minimum Gasteiger partial charge on any atom is -0.381 e. The molecule has 1 heterocycles. The second-order valence-corrected chi connectivity index (χ2v) is 6.06. The molecular formula is C11H13BrClNS. The molecule has 15 heavy (non-hydrogen) atoms. The van der Waals surface area contributed by atoms with Gasteiger partial charge in [-0.05, 0) is 52.4 Å². The monoisotopic (exact) mass is 305 g/mol. The number of thioether (sulfide) groups is 1. The van der Waals surface area contributed by atoms with Gasteiger partial charge in [0.25, 0.3) is 0 Å². The lowest BCUT2D eigenvalue weighted by Gasteiger charge is -2.24. The van der Waals surface area contributed by atoms with Crippen LogP contribution in [-0.2, 0) is 0 Å². The Balaban J connectivity index is 2.06.